The summed E-state index contributed by atoms with van der Waals surface area (Å²) >= 11 is 3.58. The molecule has 0 unspecified atom stereocenters. The smallest absolute Gasteiger partial charge is 0.162 e. The molecule has 4 aromatic rings. The molecule has 6 heteroatoms. The molecule has 0 atom stereocenters. The maximum atomic E-state index is 6.20. The summed E-state index contributed by atoms with van der Waals surface area (Å²) in [7, 11) is 3.21. The van der Waals surface area contributed by atoms with Crippen LogP contribution in [0.5, 0.6) is 23.0 Å². The van der Waals surface area contributed by atoms with Gasteiger partial charge in [-0.15, -0.1) is 0 Å². The predicted molar refractivity (Wildman–Crippen MR) is 104 cm³/mol. The van der Waals surface area contributed by atoms with Crippen molar-refractivity contribution in [3.8, 4) is 23.0 Å². The molecule has 0 spiro atoms. The first-order valence-corrected chi connectivity index (χ1v) is 8.71. The minimum atomic E-state index is 0.626. The van der Waals surface area contributed by atoms with Crippen LogP contribution in [-0.4, -0.2) is 24.2 Å². The topological polar surface area (TPSA) is 53.5 Å². The molecule has 0 aliphatic rings. The van der Waals surface area contributed by atoms with E-state index in [9.17, 15) is 0 Å². The number of methoxy groups -OCH3 is 2. The lowest BCUT2D eigenvalue weighted by Crippen LogP contribution is -1.93. The molecule has 0 saturated heterocycles. The Balaban J connectivity index is 1.83. The van der Waals surface area contributed by atoms with Crippen LogP contribution >= 0.6 is 15.9 Å². The fourth-order valence-electron chi connectivity index (χ4n) is 2.82. The fraction of sp³-hybridized carbons (Fsp3) is 0.100. The van der Waals surface area contributed by atoms with E-state index in [0.29, 0.717) is 23.0 Å². The lowest BCUT2D eigenvalue weighted by atomic mass is 10.1. The molecule has 2 aromatic carbocycles. The molecule has 0 aliphatic heterocycles. The zero-order valence-corrected chi connectivity index (χ0v) is 15.8. The number of nitrogens with zero attached hydrogens (tertiary/aromatic N) is 2. The average Bonchev–Trinajstić information content (AvgIpc) is 2.67. The summed E-state index contributed by atoms with van der Waals surface area (Å²) in [5.41, 5.74) is 0.765. The Labute approximate surface area is 158 Å². The summed E-state index contributed by atoms with van der Waals surface area (Å²) in [5, 5.41) is 2.93. The van der Waals surface area contributed by atoms with Crippen molar-refractivity contribution in [1.29, 1.82) is 0 Å². The van der Waals surface area contributed by atoms with Crippen molar-refractivity contribution in [3.63, 3.8) is 0 Å². The third-order valence-electron chi connectivity index (χ3n) is 4.12. The zero-order valence-electron chi connectivity index (χ0n) is 14.2. The summed E-state index contributed by atoms with van der Waals surface area (Å²) in [6.45, 7) is 0. The van der Waals surface area contributed by atoms with Gasteiger partial charge in [0.2, 0.25) is 0 Å². The number of halogens is 1. The quantitative estimate of drug-likeness (QED) is 0.453. The fourth-order valence-corrected chi connectivity index (χ4v) is 3.26. The third kappa shape index (κ3) is 2.93. The molecule has 26 heavy (non-hydrogen) atoms. The predicted octanol–water partition coefficient (Wildman–Crippen LogP) is 5.36. The van der Waals surface area contributed by atoms with Gasteiger partial charge in [-0.25, -0.2) is 0 Å². The van der Waals surface area contributed by atoms with Crippen molar-refractivity contribution >= 4 is 37.6 Å². The molecule has 4 rings (SSSR count). The highest BCUT2D eigenvalue weighted by Gasteiger charge is 2.13. The van der Waals surface area contributed by atoms with Crippen molar-refractivity contribution in [1.82, 2.24) is 9.97 Å². The van der Waals surface area contributed by atoms with Gasteiger partial charge < -0.3 is 14.2 Å². The Kier molecular flexibility index (Phi) is 4.34. The van der Waals surface area contributed by atoms with E-state index < -0.39 is 0 Å². The van der Waals surface area contributed by atoms with Gasteiger partial charge >= 0.3 is 0 Å². The van der Waals surface area contributed by atoms with E-state index in [1.165, 1.54) is 0 Å². The number of aromatic nitrogens is 2. The lowest BCUT2D eigenvalue weighted by Gasteiger charge is -2.13. The highest BCUT2D eigenvalue weighted by molar-refractivity contribution is 9.10. The summed E-state index contributed by atoms with van der Waals surface area (Å²) in [5.74, 6) is 2.65. The van der Waals surface area contributed by atoms with Gasteiger partial charge in [0, 0.05) is 35.4 Å². The molecular weight excluding hydrogens is 396 g/mol. The third-order valence-corrected chi connectivity index (χ3v) is 4.74. The van der Waals surface area contributed by atoms with Gasteiger partial charge in [0.05, 0.1) is 24.2 Å². The van der Waals surface area contributed by atoms with Crippen LogP contribution < -0.4 is 14.2 Å². The van der Waals surface area contributed by atoms with Crippen LogP contribution in [0, 0.1) is 0 Å². The molecule has 2 heterocycles. The minimum Gasteiger partial charge on any atom is -0.493 e. The monoisotopic (exact) mass is 410 g/mol. The van der Waals surface area contributed by atoms with Gasteiger partial charge in [0.1, 0.15) is 11.5 Å². The van der Waals surface area contributed by atoms with Crippen LogP contribution in [0.1, 0.15) is 0 Å². The van der Waals surface area contributed by atoms with Gasteiger partial charge in [0.25, 0.3) is 0 Å². The Morgan fingerprint density at radius 1 is 0.808 bits per heavy atom. The highest BCUT2D eigenvalue weighted by Crippen LogP contribution is 2.39. The number of hydrogen-bond donors (Lipinski definition) is 0. The average molecular weight is 411 g/mol. The Bertz CT molecular complexity index is 1110. The molecule has 2 aromatic heterocycles. The van der Waals surface area contributed by atoms with Crippen molar-refractivity contribution in [3.05, 3.63) is 59.5 Å². The molecule has 0 N–H and O–H groups in total. The van der Waals surface area contributed by atoms with Crippen LogP contribution in [0.25, 0.3) is 21.7 Å². The molecule has 0 aliphatic carbocycles. The zero-order chi connectivity index (χ0) is 18.1. The van der Waals surface area contributed by atoms with E-state index >= 15 is 0 Å². The molecule has 0 bridgehead atoms. The summed E-state index contributed by atoms with van der Waals surface area (Å²) in [6, 6.07) is 11.5. The second kappa shape index (κ2) is 6.80. The van der Waals surface area contributed by atoms with E-state index in [1.54, 1.807) is 26.6 Å². The van der Waals surface area contributed by atoms with E-state index in [2.05, 4.69) is 25.9 Å². The lowest BCUT2D eigenvalue weighted by molar-refractivity contribution is 0.355. The number of pyridine rings is 2. The highest BCUT2D eigenvalue weighted by atomic mass is 79.9. The van der Waals surface area contributed by atoms with Crippen LogP contribution in [0.4, 0.5) is 0 Å². The van der Waals surface area contributed by atoms with Gasteiger partial charge in [-0.05, 0) is 51.6 Å². The second-order valence-corrected chi connectivity index (χ2v) is 6.50. The molecule has 130 valence electrons. The normalized spacial score (nSPS) is 10.9. The Morgan fingerprint density at radius 3 is 2.42 bits per heavy atom. The van der Waals surface area contributed by atoms with Crippen LogP contribution in [0.3, 0.4) is 0 Å². The molecule has 0 radical (unpaired) electrons. The van der Waals surface area contributed by atoms with E-state index in [-0.39, 0.29) is 0 Å². The maximum absolute atomic E-state index is 6.20. The van der Waals surface area contributed by atoms with Gasteiger partial charge in [-0.1, -0.05) is 0 Å². The first-order valence-electron chi connectivity index (χ1n) is 7.91. The summed E-state index contributed by atoms with van der Waals surface area (Å²) in [6.07, 6.45) is 5.30. The first-order chi connectivity index (χ1) is 12.7. The Morgan fingerprint density at radius 2 is 1.62 bits per heavy atom. The van der Waals surface area contributed by atoms with Gasteiger partial charge in [-0.3, -0.25) is 9.97 Å². The maximum Gasteiger partial charge on any atom is 0.162 e. The Hall–Kier alpha value is -2.86. The molecule has 0 amide bonds. The SMILES string of the molecule is COc1cc2nccc(Oc3cc4ccncc4cc3Br)c2cc1OC. The number of fused-ring (bicyclic) bond motifs is 2. The first kappa shape index (κ1) is 16.6. The largest absolute Gasteiger partial charge is 0.493 e. The number of benzene rings is 2. The molecule has 5 nitrogen and oxygen atoms in total. The van der Waals surface area contributed by atoms with E-state index in [4.69, 9.17) is 14.2 Å². The standard InChI is InChI=1S/C20H15BrN2O3/c1-24-19-9-14-16(10-20(19)25-2)23-6-4-17(14)26-18-8-12-3-5-22-11-13(12)7-15(18)21/h3-11H,1-2H3. The summed E-state index contributed by atoms with van der Waals surface area (Å²) < 4.78 is 17.8. The molecule has 0 fully saturated rings. The number of ether oxygens (including phenoxy) is 3. The van der Waals surface area contributed by atoms with Crippen molar-refractivity contribution in [2.24, 2.45) is 0 Å². The number of rotatable bonds is 4. The van der Waals surface area contributed by atoms with Crippen LogP contribution in [0.15, 0.2) is 59.5 Å². The van der Waals surface area contributed by atoms with Gasteiger partial charge in [-0.2, -0.15) is 0 Å². The van der Waals surface area contributed by atoms with Crippen molar-refractivity contribution in [2.75, 3.05) is 14.2 Å². The van der Waals surface area contributed by atoms with Crippen LogP contribution in [0.2, 0.25) is 0 Å². The van der Waals surface area contributed by atoms with Crippen molar-refractivity contribution < 1.29 is 14.2 Å². The second-order valence-electron chi connectivity index (χ2n) is 5.64. The van der Waals surface area contributed by atoms with Crippen molar-refractivity contribution in [2.45, 2.75) is 0 Å². The molecule has 0 saturated carbocycles. The van der Waals surface area contributed by atoms with E-state index in [1.807, 2.05) is 42.6 Å². The van der Waals surface area contributed by atoms with E-state index in [0.717, 1.165) is 26.1 Å². The van der Waals surface area contributed by atoms with Gasteiger partial charge in [0.15, 0.2) is 11.5 Å². The summed E-state index contributed by atoms with van der Waals surface area (Å²) in [4.78, 5) is 8.55. The minimum absolute atomic E-state index is 0.626. The number of hydrogen-bond acceptors (Lipinski definition) is 5. The van der Waals surface area contributed by atoms with Crippen LogP contribution in [-0.2, 0) is 0 Å². The molecular formula is C20H15BrN2O3.